The average Bonchev–Trinajstić information content (AvgIpc) is 2.88. The minimum Gasteiger partial charge on any atom is -0.384 e. The lowest BCUT2D eigenvalue weighted by Crippen LogP contribution is -2.21. The van der Waals surface area contributed by atoms with Crippen LogP contribution < -0.4 is 11.5 Å². The number of thiazole rings is 1. The molecule has 22 heavy (non-hydrogen) atoms. The Balaban J connectivity index is 2.10. The van der Waals surface area contributed by atoms with Crippen molar-refractivity contribution in [2.45, 2.75) is 0 Å². The van der Waals surface area contributed by atoms with Gasteiger partial charge in [0.1, 0.15) is 11.7 Å². The molecule has 0 amide bonds. The molecule has 0 radical (unpaired) electrons. The third-order valence-corrected chi connectivity index (χ3v) is 4.65. The third kappa shape index (κ3) is 2.72. The largest absolute Gasteiger partial charge is 0.384 e. The number of nitrogens with zero attached hydrogens (tertiary/aromatic N) is 2. The molecular weight excluding hydrogens is 362 g/mol. The summed E-state index contributed by atoms with van der Waals surface area (Å²) in [5, 5.41) is 8.24. The Hall–Kier alpha value is -2.25. The van der Waals surface area contributed by atoms with Gasteiger partial charge in [-0.25, -0.2) is 9.98 Å². The highest BCUT2D eigenvalue weighted by Crippen LogP contribution is 2.29. The zero-order valence-electron chi connectivity index (χ0n) is 11.4. The van der Waals surface area contributed by atoms with Gasteiger partial charge in [-0.15, -0.1) is 0 Å². The first-order chi connectivity index (χ1) is 10.6. The lowest BCUT2D eigenvalue weighted by atomic mass is 10.1. The number of nitrogens with two attached hydrogens (primary N) is 2. The summed E-state index contributed by atoms with van der Waals surface area (Å²) < 4.78 is 1.79. The lowest BCUT2D eigenvalue weighted by molar-refractivity contribution is 1.36. The van der Waals surface area contributed by atoms with Crippen molar-refractivity contribution in [2.75, 3.05) is 0 Å². The van der Waals surface area contributed by atoms with Gasteiger partial charge in [0.05, 0.1) is 10.2 Å². The molecule has 5 N–H and O–H groups in total. The average molecular weight is 374 g/mol. The van der Waals surface area contributed by atoms with E-state index in [1.807, 2.05) is 30.3 Å². The van der Waals surface area contributed by atoms with Crippen molar-refractivity contribution < 1.29 is 0 Å². The van der Waals surface area contributed by atoms with E-state index in [0.29, 0.717) is 16.3 Å². The highest BCUT2D eigenvalue weighted by Gasteiger charge is 2.13. The molecule has 1 heterocycles. The van der Waals surface area contributed by atoms with Crippen LogP contribution in [-0.4, -0.2) is 16.7 Å². The molecular formula is C15H12BrN5S. The van der Waals surface area contributed by atoms with Crippen molar-refractivity contribution in [3.05, 3.63) is 58.1 Å². The maximum absolute atomic E-state index is 7.67. The third-order valence-electron chi connectivity index (χ3n) is 3.06. The highest BCUT2D eigenvalue weighted by molar-refractivity contribution is 9.10. The van der Waals surface area contributed by atoms with Crippen LogP contribution in [0.1, 0.15) is 11.1 Å². The van der Waals surface area contributed by atoms with Gasteiger partial charge in [-0.05, 0) is 18.2 Å². The highest BCUT2D eigenvalue weighted by atomic mass is 79.9. The summed E-state index contributed by atoms with van der Waals surface area (Å²) in [7, 11) is 0. The number of halogens is 1. The van der Waals surface area contributed by atoms with Crippen LogP contribution in [-0.2, 0) is 0 Å². The van der Waals surface area contributed by atoms with Crippen molar-refractivity contribution in [1.82, 2.24) is 4.98 Å². The minimum atomic E-state index is -0.0567. The Morgan fingerprint density at radius 2 is 1.91 bits per heavy atom. The molecule has 0 saturated heterocycles. The quantitative estimate of drug-likeness (QED) is 0.484. The van der Waals surface area contributed by atoms with Gasteiger partial charge in [-0.3, -0.25) is 5.41 Å². The maximum Gasteiger partial charge on any atom is 0.212 e. The fourth-order valence-corrected chi connectivity index (χ4v) is 3.49. The second-order valence-corrected chi connectivity index (χ2v) is 6.40. The molecule has 0 atom stereocenters. The van der Waals surface area contributed by atoms with E-state index in [1.165, 1.54) is 11.3 Å². The number of nitrogens with one attached hydrogen (secondary N) is 1. The monoisotopic (exact) mass is 373 g/mol. The fraction of sp³-hybridized carbons (Fsp3) is 0. The molecule has 7 heteroatoms. The Morgan fingerprint density at radius 3 is 2.64 bits per heavy atom. The normalized spacial score (nSPS) is 11.8. The van der Waals surface area contributed by atoms with Gasteiger partial charge in [0.2, 0.25) is 5.13 Å². The summed E-state index contributed by atoms with van der Waals surface area (Å²) >= 11 is 4.90. The molecule has 0 saturated carbocycles. The predicted molar refractivity (Wildman–Crippen MR) is 95.2 cm³/mol. The van der Waals surface area contributed by atoms with E-state index in [4.69, 9.17) is 16.9 Å². The van der Waals surface area contributed by atoms with E-state index >= 15 is 0 Å². The summed E-state index contributed by atoms with van der Waals surface area (Å²) in [6.07, 6.45) is 0. The first-order valence-corrected chi connectivity index (χ1v) is 8.00. The van der Waals surface area contributed by atoms with Gasteiger partial charge in [0.15, 0.2) is 0 Å². The Kier molecular flexibility index (Phi) is 3.91. The molecule has 2 aromatic carbocycles. The van der Waals surface area contributed by atoms with E-state index in [-0.39, 0.29) is 11.7 Å². The zero-order valence-corrected chi connectivity index (χ0v) is 13.8. The summed E-state index contributed by atoms with van der Waals surface area (Å²) in [5.74, 6) is 0.218. The molecule has 3 rings (SSSR count). The number of nitrogen functional groups attached to an aromatic ring is 1. The van der Waals surface area contributed by atoms with E-state index < -0.39 is 0 Å². The van der Waals surface area contributed by atoms with Gasteiger partial charge in [-0.2, -0.15) is 0 Å². The molecule has 0 unspecified atom stereocenters. The molecule has 0 aliphatic carbocycles. The van der Waals surface area contributed by atoms with Crippen molar-refractivity contribution in [3.8, 4) is 0 Å². The first-order valence-electron chi connectivity index (χ1n) is 6.39. The minimum absolute atomic E-state index is 0.0567. The van der Waals surface area contributed by atoms with Crippen LogP contribution >= 0.6 is 27.3 Å². The van der Waals surface area contributed by atoms with Crippen LogP contribution in [0.2, 0.25) is 0 Å². The number of hydrogen-bond acceptors (Lipinski definition) is 4. The molecule has 0 aliphatic heterocycles. The number of hydrogen-bond donors (Lipinski definition) is 3. The van der Waals surface area contributed by atoms with Crippen LogP contribution in [0.25, 0.3) is 10.2 Å². The first kappa shape index (κ1) is 14.7. The van der Waals surface area contributed by atoms with Crippen LogP contribution in [0.4, 0.5) is 5.13 Å². The maximum atomic E-state index is 7.67. The number of aliphatic imine (C=N–C) groups is 1. The molecule has 5 nitrogen and oxygen atoms in total. The smallest absolute Gasteiger partial charge is 0.212 e. The second-order valence-electron chi connectivity index (χ2n) is 4.54. The van der Waals surface area contributed by atoms with E-state index in [2.05, 4.69) is 25.9 Å². The van der Waals surface area contributed by atoms with Crippen LogP contribution in [0.3, 0.4) is 0 Å². The molecule has 3 aromatic rings. The van der Waals surface area contributed by atoms with Gasteiger partial charge in [0, 0.05) is 15.6 Å². The number of benzene rings is 2. The molecule has 0 bridgehead atoms. The molecule has 1 aromatic heterocycles. The summed E-state index contributed by atoms with van der Waals surface area (Å²) in [5.41, 5.74) is 13.8. The summed E-state index contributed by atoms with van der Waals surface area (Å²) in [4.78, 5) is 8.82. The van der Waals surface area contributed by atoms with Gasteiger partial charge >= 0.3 is 0 Å². The SMILES string of the molecule is N=C(N)c1cccc(Br)c1/C(N)=N/c1nc2ccccc2s1. The van der Waals surface area contributed by atoms with Crippen molar-refractivity contribution >= 4 is 54.3 Å². The molecule has 0 fully saturated rings. The van der Waals surface area contributed by atoms with Gasteiger partial charge in [-0.1, -0.05) is 51.5 Å². The number of aromatic nitrogens is 1. The topological polar surface area (TPSA) is 101 Å². The van der Waals surface area contributed by atoms with Crippen LogP contribution in [0.5, 0.6) is 0 Å². The van der Waals surface area contributed by atoms with Crippen LogP contribution in [0, 0.1) is 5.41 Å². The summed E-state index contributed by atoms with van der Waals surface area (Å²) in [6.45, 7) is 0. The molecule has 0 aliphatic rings. The number of amidine groups is 2. The van der Waals surface area contributed by atoms with E-state index in [1.54, 1.807) is 12.1 Å². The van der Waals surface area contributed by atoms with Gasteiger partial charge < -0.3 is 11.5 Å². The van der Waals surface area contributed by atoms with Crippen molar-refractivity contribution in [3.63, 3.8) is 0 Å². The Morgan fingerprint density at radius 1 is 1.14 bits per heavy atom. The van der Waals surface area contributed by atoms with Crippen molar-refractivity contribution in [2.24, 2.45) is 16.5 Å². The van der Waals surface area contributed by atoms with E-state index in [0.717, 1.165) is 14.7 Å². The summed E-state index contributed by atoms with van der Waals surface area (Å²) in [6, 6.07) is 13.2. The van der Waals surface area contributed by atoms with Gasteiger partial charge in [0.25, 0.3) is 0 Å². The standard InChI is InChI=1S/C15H12BrN5S/c16-9-5-3-4-8(13(17)18)12(9)14(19)21-15-20-10-6-1-2-7-11(10)22-15/h1-7H,(H3,17,18)(H2,19,20,21). The Bertz CT molecular complexity index is 867. The van der Waals surface area contributed by atoms with E-state index in [9.17, 15) is 0 Å². The number of rotatable bonds is 3. The lowest BCUT2D eigenvalue weighted by Gasteiger charge is -2.09. The predicted octanol–water partition coefficient (Wildman–Crippen LogP) is 3.38. The number of para-hydroxylation sites is 1. The Labute approximate surface area is 139 Å². The fourth-order valence-electron chi connectivity index (χ4n) is 2.08. The van der Waals surface area contributed by atoms with Crippen LogP contribution in [0.15, 0.2) is 51.9 Å². The second kappa shape index (κ2) is 5.86. The number of fused-ring (bicyclic) bond motifs is 1. The molecule has 110 valence electrons. The zero-order chi connectivity index (χ0) is 15.7. The molecule has 0 spiro atoms. The van der Waals surface area contributed by atoms with Crippen molar-refractivity contribution in [1.29, 1.82) is 5.41 Å².